The molecule has 6 heteroatoms. The van der Waals surface area contributed by atoms with Crippen LogP contribution in [0.25, 0.3) is 0 Å². The van der Waals surface area contributed by atoms with Gasteiger partial charge in [-0.3, -0.25) is 0 Å². The Labute approximate surface area is 138 Å². The Hall–Kier alpha value is -0.910. The lowest BCUT2D eigenvalue weighted by Gasteiger charge is -2.38. The molecule has 0 N–H and O–H groups in total. The molecular weight excluding hydrogens is 298 g/mol. The zero-order chi connectivity index (χ0) is 15.5. The maximum absolute atomic E-state index is 6.26. The fourth-order valence-electron chi connectivity index (χ4n) is 3.39. The van der Waals surface area contributed by atoms with Crippen molar-refractivity contribution in [1.82, 2.24) is 19.8 Å². The van der Waals surface area contributed by atoms with Crippen LogP contribution in [0.2, 0.25) is 5.02 Å². The lowest BCUT2D eigenvalue weighted by Crippen LogP contribution is -2.47. The van der Waals surface area contributed by atoms with Crippen LogP contribution in [-0.4, -0.2) is 72.6 Å². The molecule has 0 amide bonds. The summed E-state index contributed by atoms with van der Waals surface area (Å²) in [5.41, 5.74) is 0. The minimum absolute atomic E-state index is 0.670. The van der Waals surface area contributed by atoms with Gasteiger partial charge in [-0.15, -0.1) is 0 Å². The normalized spacial score (nSPS) is 22.2. The zero-order valence-corrected chi connectivity index (χ0v) is 14.4. The molecular formula is C16H26ClN5. The third-order valence-electron chi connectivity index (χ3n) is 4.87. The van der Waals surface area contributed by atoms with Crippen molar-refractivity contribution in [2.45, 2.75) is 19.8 Å². The number of piperidine rings is 1. The number of aromatic nitrogens is 2. The van der Waals surface area contributed by atoms with Crippen LogP contribution in [0, 0.1) is 12.8 Å². The van der Waals surface area contributed by atoms with Gasteiger partial charge >= 0.3 is 0 Å². The summed E-state index contributed by atoms with van der Waals surface area (Å²) in [4.78, 5) is 16.0. The van der Waals surface area contributed by atoms with Crippen molar-refractivity contribution < 1.29 is 0 Å². The molecule has 2 saturated heterocycles. The van der Waals surface area contributed by atoms with E-state index in [1.807, 2.05) is 6.92 Å². The largest absolute Gasteiger partial charge is 0.355 e. The molecule has 2 aliphatic heterocycles. The predicted octanol–water partition coefficient (Wildman–Crippen LogP) is 1.90. The van der Waals surface area contributed by atoms with Crippen LogP contribution < -0.4 is 4.90 Å². The standard InChI is InChI=1S/C16H26ClN5/c1-13-18-11-15(17)16(19-13)22-5-3-14(4-6-22)12-21-9-7-20(2)8-10-21/h11,14H,3-10,12H2,1-2H3. The van der Waals surface area contributed by atoms with Crippen LogP contribution in [-0.2, 0) is 0 Å². The van der Waals surface area contributed by atoms with Gasteiger partial charge < -0.3 is 14.7 Å². The Bertz CT molecular complexity index is 493. The average Bonchev–Trinajstić information content (AvgIpc) is 2.53. The van der Waals surface area contributed by atoms with Gasteiger partial charge in [-0.25, -0.2) is 9.97 Å². The van der Waals surface area contributed by atoms with E-state index in [1.165, 1.54) is 45.6 Å². The Balaban J connectivity index is 1.51. The number of aryl methyl sites for hydroxylation is 1. The van der Waals surface area contributed by atoms with E-state index in [0.29, 0.717) is 5.02 Å². The van der Waals surface area contributed by atoms with Gasteiger partial charge in [0.05, 0.1) is 6.20 Å². The number of hydrogen-bond acceptors (Lipinski definition) is 5. The highest BCUT2D eigenvalue weighted by Gasteiger charge is 2.24. The molecule has 5 nitrogen and oxygen atoms in total. The van der Waals surface area contributed by atoms with Crippen molar-refractivity contribution in [3.8, 4) is 0 Å². The lowest BCUT2D eigenvalue weighted by atomic mass is 9.96. The van der Waals surface area contributed by atoms with Gasteiger partial charge in [0.2, 0.25) is 0 Å². The molecule has 0 unspecified atom stereocenters. The molecule has 2 aliphatic rings. The molecule has 2 fully saturated rings. The number of likely N-dealkylation sites (N-methyl/N-ethyl adjacent to an activating group) is 1. The second-order valence-corrected chi connectivity index (χ2v) is 7.03. The van der Waals surface area contributed by atoms with E-state index in [0.717, 1.165) is 30.6 Å². The molecule has 122 valence electrons. The maximum atomic E-state index is 6.26. The highest BCUT2D eigenvalue weighted by atomic mass is 35.5. The molecule has 0 spiro atoms. The molecule has 0 radical (unpaired) electrons. The molecule has 0 aliphatic carbocycles. The summed E-state index contributed by atoms with van der Waals surface area (Å²) in [6, 6.07) is 0. The van der Waals surface area contributed by atoms with Gasteiger partial charge in [0.1, 0.15) is 10.8 Å². The molecule has 0 atom stereocenters. The van der Waals surface area contributed by atoms with Crippen molar-refractivity contribution in [2.24, 2.45) is 5.92 Å². The molecule has 1 aromatic rings. The van der Waals surface area contributed by atoms with Crippen LogP contribution in [0.5, 0.6) is 0 Å². The quantitative estimate of drug-likeness (QED) is 0.849. The zero-order valence-electron chi connectivity index (χ0n) is 13.6. The first-order chi connectivity index (χ1) is 10.6. The second-order valence-electron chi connectivity index (χ2n) is 6.62. The highest BCUT2D eigenvalue weighted by molar-refractivity contribution is 6.32. The first-order valence-corrected chi connectivity index (χ1v) is 8.64. The van der Waals surface area contributed by atoms with E-state index < -0.39 is 0 Å². The molecule has 0 aromatic carbocycles. The van der Waals surface area contributed by atoms with Crippen LogP contribution in [0.4, 0.5) is 5.82 Å². The van der Waals surface area contributed by atoms with Crippen LogP contribution in [0.3, 0.4) is 0 Å². The summed E-state index contributed by atoms with van der Waals surface area (Å²) in [5.74, 6) is 2.51. The van der Waals surface area contributed by atoms with Crippen LogP contribution >= 0.6 is 11.6 Å². The van der Waals surface area contributed by atoms with Crippen molar-refractivity contribution in [2.75, 3.05) is 57.8 Å². The fraction of sp³-hybridized carbons (Fsp3) is 0.750. The van der Waals surface area contributed by atoms with Crippen molar-refractivity contribution >= 4 is 17.4 Å². The third kappa shape index (κ3) is 3.89. The van der Waals surface area contributed by atoms with Gasteiger partial charge in [0.25, 0.3) is 0 Å². The Morgan fingerprint density at radius 1 is 1.14 bits per heavy atom. The third-order valence-corrected chi connectivity index (χ3v) is 5.14. The second kappa shape index (κ2) is 7.11. The molecule has 0 saturated carbocycles. The first kappa shape index (κ1) is 16.0. The number of rotatable bonds is 3. The Morgan fingerprint density at radius 2 is 1.82 bits per heavy atom. The number of nitrogens with zero attached hydrogens (tertiary/aromatic N) is 5. The Morgan fingerprint density at radius 3 is 2.50 bits per heavy atom. The number of piperazine rings is 1. The molecule has 0 bridgehead atoms. The van der Waals surface area contributed by atoms with E-state index in [2.05, 4.69) is 31.7 Å². The van der Waals surface area contributed by atoms with E-state index >= 15 is 0 Å². The van der Waals surface area contributed by atoms with Crippen molar-refractivity contribution in [3.05, 3.63) is 17.0 Å². The van der Waals surface area contributed by atoms with Gasteiger partial charge in [0.15, 0.2) is 5.82 Å². The summed E-state index contributed by atoms with van der Waals surface area (Å²) in [6.45, 7) is 10.1. The van der Waals surface area contributed by atoms with E-state index in [1.54, 1.807) is 6.20 Å². The highest BCUT2D eigenvalue weighted by Crippen LogP contribution is 2.27. The number of hydrogen-bond donors (Lipinski definition) is 0. The molecule has 3 rings (SSSR count). The molecule has 3 heterocycles. The summed E-state index contributed by atoms with van der Waals surface area (Å²) < 4.78 is 0. The lowest BCUT2D eigenvalue weighted by molar-refractivity contribution is 0.129. The smallest absolute Gasteiger partial charge is 0.151 e. The minimum Gasteiger partial charge on any atom is -0.355 e. The average molecular weight is 324 g/mol. The number of halogens is 1. The van der Waals surface area contributed by atoms with Crippen molar-refractivity contribution in [1.29, 1.82) is 0 Å². The van der Waals surface area contributed by atoms with Gasteiger partial charge in [-0.2, -0.15) is 0 Å². The van der Waals surface area contributed by atoms with Crippen molar-refractivity contribution in [3.63, 3.8) is 0 Å². The van der Waals surface area contributed by atoms with E-state index in [4.69, 9.17) is 11.6 Å². The molecule has 1 aromatic heterocycles. The van der Waals surface area contributed by atoms with Gasteiger partial charge in [0, 0.05) is 45.8 Å². The SMILES string of the molecule is Cc1ncc(Cl)c(N2CCC(CN3CCN(C)CC3)CC2)n1. The van der Waals surface area contributed by atoms with Gasteiger partial charge in [-0.05, 0) is 32.7 Å². The molecule has 22 heavy (non-hydrogen) atoms. The maximum Gasteiger partial charge on any atom is 0.151 e. The summed E-state index contributed by atoms with van der Waals surface area (Å²) >= 11 is 6.26. The monoisotopic (exact) mass is 323 g/mol. The first-order valence-electron chi connectivity index (χ1n) is 8.27. The van der Waals surface area contributed by atoms with Crippen LogP contribution in [0.1, 0.15) is 18.7 Å². The summed E-state index contributed by atoms with van der Waals surface area (Å²) in [6.07, 6.45) is 4.17. The summed E-state index contributed by atoms with van der Waals surface area (Å²) in [5, 5.41) is 0.670. The van der Waals surface area contributed by atoms with E-state index in [9.17, 15) is 0 Å². The predicted molar refractivity (Wildman–Crippen MR) is 90.7 cm³/mol. The summed E-state index contributed by atoms with van der Waals surface area (Å²) in [7, 11) is 2.21. The topological polar surface area (TPSA) is 35.5 Å². The fourth-order valence-corrected chi connectivity index (χ4v) is 3.60. The van der Waals surface area contributed by atoms with Gasteiger partial charge in [-0.1, -0.05) is 11.6 Å². The minimum atomic E-state index is 0.670. The van der Waals surface area contributed by atoms with Crippen LogP contribution in [0.15, 0.2) is 6.20 Å². The Kier molecular flexibility index (Phi) is 5.16. The number of anilines is 1. The van der Waals surface area contributed by atoms with E-state index in [-0.39, 0.29) is 0 Å².